The quantitative estimate of drug-likeness (QED) is 0.367. The number of aldehydes is 1. The molecule has 28 heavy (non-hydrogen) atoms. The summed E-state index contributed by atoms with van der Waals surface area (Å²) in [5.74, 6) is 0.110. The zero-order chi connectivity index (χ0) is 20.5. The van der Waals surface area contributed by atoms with Crippen molar-refractivity contribution in [2.45, 2.75) is 44.9 Å². The molecule has 0 saturated carbocycles. The minimum absolute atomic E-state index is 0.00673. The summed E-state index contributed by atoms with van der Waals surface area (Å²) in [6.07, 6.45) is 6.89. The van der Waals surface area contributed by atoms with E-state index < -0.39 is 0 Å². The Morgan fingerprint density at radius 2 is 1.21 bits per heavy atom. The van der Waals surface area contributed by atoms with Crippen LogP contribution in [0.15, 0.2) is 48.5 Å². The van der Waals surface area contributed by atoms with Gasteiger partial charge in [-0.25, -0.2) is 0 Å². The molecule has 152 valence electrons. The van der Waals surface area contributed by atoms with Gasteiger partial charge in [0.25, 0.3) is 0 Å². The predicted octanol–water partition coefficient (Wildman–Crippen LogP) is 5.74. The lowest BCUT2D eigenvalue weighted by Crippen LogP contribution is -2.17. The van der Waals surface area contributed by atoms with E-state index in [2.05, 4.69) is 93.4 Å². The van der Waals surface area contributed by atoms with Crippen molar-refractivity contribution in [3.63, 3.8) is 0 Å². The van der Waals surface area contributed by atoms with Gasteiger partial charge in [-0.1, -0.05) is 56.9 Å². The first-order valence-corrected chi connectivity index (χ1v) is 10.5. The van der Waals surface area contributed by atoms with Crippen LogP contribution in [0.3, 0.4) is 0 Å². The second-order valence-corrected chi connectivity index (χ2v) is 8.10. The molecule has 0 aliphatic carbocycles. The Morgan fingerprint density at radius 3 is 1.57 bits per heavy atom. The van der Waals surface area contributed by atoms with Gasteiger partial charge < -0.3 is 14.6 Å². The van der Waals surface area contributed by atoms with Crippen molar-refractivity contribution >= 4 is 17.7 Å². The lowest BCUT2D eigenvalue weighted by atomic mass is 9.79. The topological polar surface area (TPSA) is 23.6 Å². The van der Waals surface area contributed by atoms with Crippen molar-refractivity contribution in [3.05, 3.63) is 59.7 Å². The van der Waals surface area contributed by atoms with Crippen LogP contribution in [-0.2, 0) is 4.79 Å². The summed E-state index contributed by atoms with van der Waals surface area (Å²) in [5.41, 5.74) is 4.79. The lowest BCUT2D eigenvalue weighted by molar-refractivity contribution is -0.111. The molecular formula is C25H36N2O. The molecule has 0 amide bonds. The van der Waals surface area contributed by atoms with Crippen LogP contribution < -0.4 is 9.80 Å². The van der Waals surface area contributed by atoms with Crippen molar-refractivity contribution < 1.29 is 4.79 Å². The Labute approximate surface area is 171 Å². The Bertz CT molecular complexity index is 653. The van der Waals surface area contributed by atoms with Crippen LogP contribution in [-0.4, -0.2) is 34.5 Å². The highest BCUT2D eigenvalue weighted by molar-refractivity contribution is 5.60. The van der Waals surface area contributed by atoms with Crippen molar-refractivity contribution in [2.24, 2.45) is 5.92 Å². The Hall–Kier alpha value is -2.29. The third kappa shape index (κ3) is 5.85. The van der Waals surface area contributed by atoms with Crippen LogP contribution in [0.1, 0.15) is 56.1 Å². The molecule has 3 heteroatoms. The first-order valence-electron chi connectivity index (χ1n) is 10.5. The van der Waals surface area contributed by atoms with E-state index in [1.54, 1.807) is 0 Å². The number of carbonyl (C=O) groups is 1. The molecule has 0 radical (unpaired) electrons. The van der Waals surface area contributed by atoms with E-state index in [4.69, 9.17) is 0 Å². The minimum atomic E-state index is 0.00673. The fraction of sp³-hybridized carbons (Fsp3) is 0.480. The summed E-state index contributed by atoms with van der Waals surface area (Å²) in [6.45, 7) is 2.22. The number of rotatable bonds is 11. The summed E-state index contributed by atoms with van der Waals surface area (Å²) in [4.78, 5) is 16.3. The number of unbranched alkanes of at least 4 members (excludes halogenated alkanes) is 3. The van der Waals surface area contributed by atoms with E-state index in [0.717, 1.165) is 12.8 Å². The van der Waals surface area contributed by atoms with Gasteiger partial charge in [0.15, 0.2) is 0 Å². The molecule has 0 heterocycles. The molecule has 0 bridgehead atoms. The van der Waals surface area contributed by atoms with Gasteiger partial charge in [-0.2, -0.15) is 0 Å². The van der Waals surface area contributed by atoms with E-state index >= 15 is 0 Å². The van der Waals surface area contributed by atoms with Gasteiger partial charge in [-0.15, -0.1) is 0 Å². The van der Waals surface area contributed by atoms with Crippen LogP contribution in [0.5, 0.6) is 0 Å². The molecule has 0 unspecified atom stereocenters. The second kappa shape index (κ2) is 10.9. The van der Waals surface area contributed by atoms with Gasteiger partial charge in [0.2, 0.25) is 0 Å². The van der Waals surface area contributed by atoms with E-state index in [1.165, 1.54) is 48.1 Å². The molecule has 0 fully saturated rings. The van der Waals surface area contributed by atoms with Crippen LogP contribution >= 0.6 is 0 Å². The molecule has 2 aromatic carbocycles. The highest BCUT2D eigenvalue weighted by atomic mass is 16.1. The van der Waals surface area contributed by atoms with E-state index in [9.17, 15) is 4.79 Å². The molecule has 0 saturated heterocycles. The molecule has 0 spiro atoms. The smallest absolute Gasteiger partial charge is 0.124 e. The van der Waals surface area contributed by atoms with Gasteiger partial charge in [0, 0.05) is 51.4 Å². The Balaban J connectivity index is 2.34. The number of benzene rings is 2. The van der Waals surface area contributed by atoms with E-state index in [0.29, 0.717) is 0 Å². The molecular weight excluding hydrogens is 344 g/mol. The maximum absolute atomic E-state index is 12.1. The number of hydrogen-bond acceptors (Lipinski definition) is 3. The number of nitrogens with zero attached hydrogens (tertiary/aromatic N) is 2. The van der Waals surface area contributed by atoms with Crippen LogP contribution in [0.2, 0.25) is 0 Å². The summed E-state index contributed by atoms with van der Waals surface area (Å²) in [6, 6.07) is 17.3. The first-order chi connectivity index (χ1) is 13.5. The third-order valence-electron chi connectivity index (χ3n) is 5.53. The third-order valence-corrected chi connectivity index (χ3v) is 5.53. The van der Waals surface area contributed by atoms with Crippen LogP contribution in [0.4, 0.5) is 11.4 Å². The van der Waals surface area contributed by atoms with Crippen molar-refractivity contribution in [3.8, 4) is 0 Å². The summed E-state index contributed by atoms with van der Waals surface area (Å²) < 4.78 is 0. The maximum Gasteiger partial charge on any atom is 0.124 e. The molecule has 0 N–H and O–H groups in total. The number of hydrogen-bond donors (Lipinski definition) is 0. The molecule has 0 aromatic heterocycles. The average molecular weight is 381 g/mol. The summed E-state index contributed by atoms with van der Waals surface area (Å²) in [7, 11) is 8.20. The van der Waals surface area contributed by atoms with E-state index in [1.807, 2.05) is 0 Å². The Kier molecular flexibility index (Phi) is 8.56. The van der Waals surface area contributed by atoms with Crippen LogP contribution in [0, 0.1) is 5.92 Å². The summed E-state index contributed by atoms with van der Waals surface area (Å²) in [5, 5.41) is 0. The average Bonchev–Trinajstić information content (AvgIpc) is 2.70. The van der Waals surface area contributed by atoms with Crippen molar-refractivity contribution in [1.82, 2.24) is 0 Å². The second-order valence-electron chi connectivity index (χ2n) is 8.10. The highest BCUT2D eigenvalue weighted by Crippen LogP contribution is 2.35. The van der Waals surface area contributed by atoms with Crippen LogP contribution in [0.25, 0.3) is 0 Å². The molecule has 2 rings (SSSR count). The van der Waals surface area contributed by atoms with Crippen molar-refractivity contribution in [1.29, 1.82) is 0 Å². The largest absolute Gasteiger partial charge is 0.378 e. The van der Waals surface area contributed by atoms with Gasteiger partial charge in [0.05, 0.1) is 0 Å². The lowest BCUT2D eigenvalue weighted by Gasteiger charge is -2.26. The minimum Gasteiger partial charge on any atom is -0.378 e. The Morgan fingerprint density at radius 1 is 0.750 bits per heavy atom. The molecule has 2 aromatic rings. The van der Waals surface area contributed by atoms with Crippen molar-refractivity contribution in [2.75, 3.05) is 38.0 Å². The van der Waals surface area contributed by atoms with E-state index in [-0.39, 0.29) is 11.8 Å². The van der Waals surface area contributed by atoms with Gasteiger partial charge in [0.1, 0.15) is 6.29 Å². The van der Waals surface area contributed by atoms with Gasteiger partial charge in [-0.05, 0) is 41.8 Å². The molecule has 0 aliphatic rings. The molecule has 3 nitrogen and oxygen atoms in total. The predicted molar refractivity (Wildman–Crippen MR) is 122 cm³/mol. The van der Waals surface area contributed by atoms with Gasteiger partial charge in [-0.3, -0.25) is 0 Å². The SMILES string of the molecule is CCCCCC[C@@H](C=O)C(c1ccc(N(C)C)cc1)c1ccc(N(C)C)cc1. The summed E-state index contributed by atoms with van der Waals surface area (Å²) >= 11 is 0. The number of anilines is 2. The first kappa shape index (κ1) is 22.0. The standard InChI is InChI=1S/C25H36N2O/c1-6-7-8-9-10-22(19-28)25(20-11-15-23(16-12-20)26(2)3)21-13-17-24(18-14-21)27(4)5/h11-19,22,25H,6-10H2,1-5H3/t22-/m0/s1. The fourth-order valence-electron chi connectivity index (χ4n) is 3.77. The monoisotopic (exact) mass is 380 g/mol. The zero-order valence-corrected chi connectivity index (χ0v) is 18.2. The highest BCUT2D eigenvalue weighted by Gasteiger charge is 2.24. The normalized spacial score (nSPS) is 12.1. The zero-order valence-electron chi connectivity index (χ0n) is 18.2. The molecule has 1 atom stereocenters. The molecule has 0 aliphatic heterocycles. The fourth-order valence-corrected chi connectivity index (χ4v) is 3.77. The maximum atomic E-state index is 12.1. The van der Waals surface area contributed by atoms with Gasteiger partial charge >= 0.3 is 0 Å². The number of carbonyl (C=O) groups excluding carboxylic acids is 1.